The summed E-state index contributed by atoms with van der Waals surface area (Å²) in [4.78, 5) is 4.35. The molecule has 62 valence electrons. The van der Waals surface area contributed by atoms with Crippen LogP contribution in [0.5, 0.6) is 0 Å². The molecule has 1 nitrogen and oxygen atoms in total. The van der Waals surface area contributed by atoms with Gasteiger partial charge >= 0.3 is 0 Å². The van der Waals surface area contributed by atoms with E-state index in [0.717, 1.165) is 6.42 Å². The third-order valence-corrected chi connectivity index (χ3v) is 3.04. The van der Waals surface area contributed by atoms with Crippen LogP contribution in [0, 0.1) is 6.92 Å². The van der Waals surface area contributed by atoms with Gasteiger partial charge in [-0.15, -0.1) is 11.3 Å². The Kier molecular flexibility index (Phi) is 1.85. The van der Waals surface area contributed by atoms with Crippen molar-refractivity contribution in [2.75, 3.05) is 0 Å². The molecule has 0 saturated carbocycles. The molecule has 1 heterocycles. The maximum absolute atomic E-state index is 4.35. The fourth-order valence-electron chi connectivity index (χ4n) is 1.49. The lowest BCUT2D eigenvalue weighted by Crippen LogP contribution is -1.86. The first-order valence-electron chi connectivity index (χ1n) is 4.14. The summed E-state index contributed by atoms with van der Waals surface area (Å²) >= 11 is 1.71. The Labute approximate surface area is 76.1 Å². The molecule has 0 aliphatic rings. The minimum absolute atomic E-state index is 1.10. The monoisotopic (exact) mass is 177 g/mol. The van der Waals surface area contributed by atoms with Gasteiger partial charge in [0.05, 0.1) is 15.7 Å². The number of thiazole rings is 1. The van der Waals surface area contributed by atoms with Gasteiger partial charge in [0.15, 0.2) is 0 Å². The van der Waals surface area contributed by atoms with E-state index in [9.17, 15) is 0 Å². The molecule has 0 bridgehead atoms. The van der Waals surface area contributed by atoms with Gasteiger partial charge in [-0.3, -0.25) is 0 Å². The van der Waals surface area contributed by atoms with E-state index in [1.807, 2.05) is 5.51 Å². The van der Waals surface area contributed by atoms with Crippen molar-refractivity contribution in [1.29, 1.82) is 0 Å². The second-order valence-electron chi connectivity index (χ2n) is 2.90. The van der Waals surface area contributed by atoms with Gasteiger partial charge in [0.1, 0.15) is 0 Å². The van der Waals surface area contributed by atoms with Crippen molar-refractivity contribution in [3.8, 4) is 0 Å². The van der Waals surface area contributed by atoms with Gasteiger partial charge in [0, 0.05) is 0 Å². The highest BCUT2D eigenvalue weighted by Crippen LogP contribution is 2.23. The molecule has 2 rings (SSSR count). The zero-order valence-corrected chi connectivity index (χ0v) is 8.11. The second kappa shape index (κ2) is 2.87. The van der Waals surface area contributed by atoms with Crippen molar-refractivity contribution in [2.45, 2.75) is 20.3 Å². The van der Waals surface area contributed by atoms with Crippen molar-refractivity contribution < 1.29 is 0 Å². The van der Waals surface area contributed by atoms with Gasteiger partial charge in [0.25, 0.3) is 0 Å². The van der Waals surface area contributed by atoms with Gasteiger partial charge in [-0.2, -0.15) is 0 Å². The van der Waals surface area contributed by atoms with Gasteiger partial charge in [-0.1, -0.05) is 13.0 Å². The van der Waals surface area contributed by atoms with Crippen LogP contribution in [0.2, 0.25) is 0 Å². The van der Waals surface area contributed by atoms with Gasteiger partial charge in [0.2, 0.25) is 0 Å². The fourth-order valence-corrected chi connectivity index (χ4v) is 2.23. The first kappa shape index (κ1) is 7.74. The molecule has 0 atom stereocenters. The van der Waals surface area contributed by atoms with Crippen molar-refractivity contribution in [3.63, 3.8) is 0 Å². The number of benzene rings is 1. The summed E-state index contributed by atoms with van der Waals surface area (Å²) < 4.78 is 1.30. The molecule has 2 heteroatoms. The lowest BCUT2D eigenvalue weighted by Gasteiger charge is -2.01. The van der Waals surface area contributed by atoms with E-state index < -0.39 is 0 Å². The largest absolute Gasteiger partial charge is 0.244 e. The molecule has 0 saturated heterocycles. The Morgan fingerprint density at radius 3 is 3.00 bits per heavy atom. The zero-order chi connectivity index (χ0) is 8.55. The molecule has 2 aromatic rings. The van der Waals surface area contributed by atoms with Crippen LogP contribution in [0.1, 0.15) is 18.1 Å². The van der Waals surface area contributed by atoms with Crippen LogP contribution in [-0.4, -0.2) is 4.98 Å². The summed E-state index contributed by atoms with van der Waals surface area (Å²) in [5.74, 6) is 0. The average molecular weight is 177 g/mol. The standard InChI is InChI=1S/C10H11NS/c1-3-8-4-5-9-10(7(8)2)11-6-12-9/h4-6H,3H2,1-2H3. The number of hydrogen-bond acceptors (Lipinski definition) is 2. The molecular formula is C10H11NS. The summed E-state index contributed by atoms with van der Waals surface area (Å²) in [7, 11) is 0. The summed E-state index contributed by atoms with van der Waals surface area (Å²) in [6, 6.07) is 4.37. The van der Waals surface area contributed by atoms with Gasteiger partial charge < -0.3 is 0 Å². The Bertz CT molecular complexity index is 403. The van der Waals surface area contributed by atoms with Gasteiger partial charge in [-0.05, 0) is 30.5 Å². The first-order chi connectivity index (χ1) is 5.83. The first-order valence-corrected chi connectivity index (χ1v) is 5.02. The van der Waals surface area contributed by atoms with E-state index in [0.29, 0.717) is 0 Å². The lowest BCUT2D eigenvalue weighted by atomic mass is 10.1. The van der Waals surface area contributed by atoms with Crippen LogP contribution in [0.4, 0.5) is 0 Å². The molecule has 0 fully saturated rings. The van der Waals surface area contributed by atoms with Crippen molar-refractivity contribution in [1.82, 2.24) is 4.98 Å². The molecule has 0 amide bonds. The smallest absolute Gasteiger partial charge is 0.0843 e. The molecule has 0 unspecified atom stereocenters. The summed E-state index contributed by atoms with van der Waals surface area (Å²) in [5, 5.41) is 0. The summed E-state index contributed by atoms with van der Waals surface area (Å²) in [6.07, 6.45) is 1.10. The van der Waals surface area contributed by atoms with E-state index in [1.54, 1.807) is 11.3 Å². The molecule has 0 spiro atoms. The van der Waals surface area contributed by atoms with E-state index in [4.69, 9.17) is 0 Å². The third kappa shape index (κ3) is 1.03. The Hall–Kier alpha value is -0.890. The molecule has 1 aromatic heterocycles. The summed E-state index contributed by atoms with van der Waals surface area (Å²) in [5.41, 5.74) is 5.85. The van der Waals surface area contributed by atoms with Crippen LogP contribution in [0.25, 0.3) is 10.2 Å². The number of rotatable bonds is 1. The number of fused-ring (bicyclic) bond motifs is 1. The number of hydrogen-bond donors (Lipinski definition) is 0. The highest BCUT2D eigenvalue weighted by molar-refractivity contribution is 7.16. The Balaban J connectivity index is 2.78. The number of aromatic nitrogens is 1. The highest BCUT2D eigenvalue weighted by Gasteiger charge is 2.03. The third-order valence-electron chi connectivity index (χ3n) is 2.25. The van der Waals surface area contributed by atoms with E-state index >= 15 is 0 Å². The Morgan fingerprint density at radius 1 is 1.42 bits per heavy atom. The van der Waals surface area contributed by atoms with E-state index in [-0.39, 0.29) is 0 Å². The molecular weight excluding hydrogens is 166 g/mol. The lowest BCUT2D eigenvalue weighted by molar-refractivity contribution is 1.12. The highest BCUT2D eigenvalue weighted by atomic mass is 32.1. The Morgan fingerprint density at radius 2 is 2.25 bits per heavy atom. The molecule has 0 aliphatic heterocycles. The van der Waals surface area contributed by atoms with Crippen molar-refractivity contribution in [3.05, 3.63) is 28.8 Å². The SMILES string of the molecule is CCc1ccc2scnc2c1C. The molecule has 0 N–H and O–H groups in total. The molecule has 12 heavy (non-hydrogen) atoms. The number of aryl methyl sites for hydroxylation is 2. The van der Waals surface area contributed by atoms with Crippen LogP contribution < -0.4 is 0 Å². The van der Waals surface area contributed by atoms with E-state index in [1.165, 1.54) is 21.3 Å². The maximum atomic E-state index is 4.35. The quantitative estimate of drug-likeness (QED) is 0.652. The molecule has 0 radical (unpaired) electrons. The minimum atomic E-state index is 1.10. The molecule has 1 aromatic carbocycles. The van der Waals surface area contributed by atoms with Gasteiger partial charge in [-0.25, -0.2) is 4.98 Å². The zero-order valence-electron chi connectivity index (χ0n) is 7.29. The predicted molar refractivity (Wildman–Crippen MR) is 53.7 cm³/mol. The van der Waals surface area contributed by atoms with Crippen LogP contribution >= 0.6 is 11.3 Å². The van der Waals surface area contributed by atoms with Crippen LogP contribution in [0.15, 0.2) is 17.6 Å². The normalized spacial score (nSPS) is 10.8. The molecule has 0 aliphatic carbocycles. The fraction of sp³-hybridized carbons (Fsp3) is 0.300. The predicted octanol–water partition coefficient (Wildman–Crippen LogP) is 3.17. The van der Waals surface area contributed by atoms with Crippen molar-refractivity contribution in [2.24, 2.45) is 0 Å². The minimum Gasteiger partial charge on any atom is -0.244 e. The summed E-state index contributed by atoms with van der Waals surface area (Å²) in [6.45, 7) is 4.33. The van der Waals surface area contributed by atoms with Crippen LogP contribution in [-0.2, 0) is 6.42 Å². The number of nitrogens with zero attached hydrogens (tertiary/aromatic N) is 1. The second-order valence-corrected chi connectivity index (χ2v) is 3.79. The van der Waals surface area contributed by atoms with Crippen LogP contribution in [0.3, 0.4) is 0 Å². The van der Waals surface area contributed by atoms with Crippen molar-refractivity contribution >= 4 is 21.6 Å². The maximum Gasteiger partial charge on any atom is 0.0843 e. The average Bonchev–Trinajstić information content (AvgIpc) is 2.53. The topological polar surface area (TPSA) is 12.9 Å². The van der Waals surface area contributed by atoms with E-state index in [2.05, 4.69) is 31.0 Å².